The average Bonchev–Trinajstić information content (AvgIpc) is 2.67. The van der Waals surface area contributed by atoms with E-state index in [-0.39, 0.29) is 18.1 Å². The fourth-order valence-corrected chi connectivity index (χ4v) is 3.37. The van der Waals surface area contributed by atoms with E-state index in [1.165, 1.54) is 19.3 Å². The van der Waals surface area contributed by atoms with Crippen LogP contribution in [-0.4, -0.2) is 25.4 Å². The van der Waals surface area contributed by atoms with Gasteiger partial charge >= 0.3 is 0 Å². The number of anilines is 1. The summed E-state index contributed by atoms with van der Waals surface area (Å²) in [5.41, 5.74) is 8.79. The summed E-state index contributed by atoms with van der Waals surface area (Å²) in [7, 11) is 0. The Morgan fingerprint density at radius 1 is 1.08 bits per heavy atom. The molecule has 3 nitrogen and oxygen atoms in total. The van der Waals surface area contributed by atoms with Gasteiger partial charge in [0.25, 0.3) is 0 Å². The number of carbonyl (C=O) groups is 1. The van der Waals surface area contributed by atoms with Crippen LogP contribution in [0.1, 0.15) is 31.2 Å². The van der Waals surface area contributed by atoms with Crippen molar-refractivity contribution in [2.45, 2.75) is 32.1 Å². The quantitative estimate of drug-likeness (QED) is 0.866. The summed E-state index contributed by atoms with van der Waals surface area (Å²) in [6.07, 6.45) is 4.67. The molecule has 0 aliphatic carbocycles. The molecule has 2 aromatic carbocycles. The fourth-order valence-electron chi connectivity index (χ4n) is 3.37. The molecule has 2 N–H and O–H groups in total. The lowest BCUT2D eigenvalue weighted by molar-refractivity contribution is -0.117. The van der Waals surface area contributed by atoms with Crippen molar-refractivity contribution < 1.29 is 9.18 Å². The molecule has 0 unspecified atom stereocenters. The second kappa shape index (κ2) is 8.26. The average molecular weight is 340 g/mol. The molecule has 0 spiro atoms. The Bertz CT molecular complexity index is 738. The summed E-state index contributed by atoms with van der Waals surface area (Å²) in [4.78, 5) is 13.6. The number of benzene rings is 2. The van der Waals surface area contributed by atoms with Crippen LogP contribution in [0.25, 0.3) is 11.1 Å². The predicted molar refractivity (Wildman–Crippen MR) is 100 cm³/mol. The van der Waals surface area contributed by atoms with Crippen LogP contribution in [0.2, 0.25) is 0 Å². The van der Waals surface area contributed by atoms with E-state index in [0.29, 0.717) is 18.4 Å². The van der Waals surface area contributed by atoms with Crippen molar-refractivity contribution in [3.05, 3.63) is 53.8 Å². The molecule has 3 rings (SSSR count). The normalized spacial score (nSPS) is 14.6. The van der Waals surface area contributed by atoms with Gasteiger partial charge in [-0.2, -0.15) is 0 Å². The molecule has 0 amide bonds. The maximum absolute atomic E-state index is 14.7. The zero-order valence-corrected chi connectivity index (χ0v) is 14.5. The van der Waals surface area contributed by atoms with Gasteiger partial charge in [-0.05, 0) is 55.0 Å². The number of hydrogen-bond donors (Lipinski definition) is 1. The molecule has 1 saturated heterocycles. The van der Waals surface area contributed by atoms with Gasteiger partial charge < -0.3 is 10.6 Å². The van der Waals surface area contributed by atoms with E-state index in [0.717, 1.165) is 29.9 Å². The van der Waals surface area contributed by atoms with Crippen molar-refractivity contribution in [3.8, 4) is 11.1 Å². The number of nitrogens with two attached hydrogens (primary N) is 1. The van der Waals surface area contributed by atoms with Crippen molar-refractivity contribution in [2.24, 2.45) is 5.73 Å². The Kier molecular flexibility index (Phi) is 5.82. The van der Waals surface area contributed by atoms with E-state index in [1.807, 2.05) is 36.4 Å². The van der Waals surface area contributed by atoms with Crippen LogP contribution in [0, 0.1) is 5.82 Å². The molecular weight excluding hydrogens is 315 g/mol. The van der Waals surface area contributed by atoms with E-state index in [1.54, 1.807) is 6.07 Å². The number of piperidine rings is 1. The Balaban J connectivity index is 1.78. The summed E-state index contributed by atoms with van der Waals surface area (Å²) in [6, 6.07) is 13.3. The van der Waals surface area contributed by atoms with E-state index in [4.69, 9.17) is 5.73 Å². The standard InChI is InChI=1S/C21H25FN2O/c22-21-14-18(24-11-2-1-3-12-24)8-10-20(21)17-6-4-5-16(13-17)7-9-19(25)15-23/h4-6,8,10,13-14H,1-3,7,9,11-12,15,23H2. The highest BCUT2D eigenvalue weighted by Gasteiger charge is 2.14. The third-order valence-corrected chi connectivity index (χ3v) is 4.83. The highest BCUT2D eigenvalue weighted by Crippen LogP contribution is 2.29. The topological polar surface area (TPSA) is 46.3 Å². The minimum absolute atomic E-state index is 0.0440. The number of halogens is 1. The van der Waals surface area contributed by atoms with Crippen molar-refractivity contribution in [2.75, 3.05) is 24.5 Å². The predicted octanol–water partition coefficient (Wildman–Crippen LogP) is 3.94. The SMILES string of the molecule is NCC(=O)CCc1cccc(-c2ccc(N3CCCCC3)cc2F)c1. The van der Waals surface area contributed by atoms with Crippen LogP contribution in [0.15, 0.2) is 42.5 Å². The number of aryl methyl sites for hydroxylation is 1. The van der Waals surface area contributed by atoms with Gasteiger partial charge in [-0.15, -0.1) is 0 Å². The molecule has 1 fully saturated rings. The third kappa shape index (κ3) is 4.45. The monoisotopic (exact) mass is 340 g/mol. The lowest BCUT2D eigenvalue weighted by Crippen LogP contribution is -2.29. The van der Waals surface area contributed by atoms with Gasteiger partial charge in [0.05, 0.1) is 6.54 Å². The van der Waals surface area contributed by atoms with E-state index in [2.05, 4.69) is 4.90 Å². The first-order valence-electron chi connectivity index (χ1n) is 9.03. The molecule has 0 radical (unpaired) electrons. The maximum Gasteiger partial charge on any atom is 0.146 e. The Labute approximate surface area is 148 Å². The van der Waals surface area contributed by atoms with Gasteiger partial charge in [-0.1, -0.05) is 24.3 Å². The van der Waals surface area contributed by atoms with E-state index < -0.39 is 0 Å². The van der Waals surface area contributed by atoms with Crippen molar-refractivity contribution in [3.63, 3.8) is 0 Å². The van der Waals surface area contributed by atoms with Crippen molar-refractivity contribution >= 4 is 11.5 Å². The number of nitrogens with zero attached hydrogens (tertiary/aromatic N) is 1. The molecule has 4 heteroatoms. The first-order valence-corrected chi connectivity index (χ1v) is 9.03. The summed E-state index contributed by atoms with van der Waals surface area (Å²) in [6.45, 7) is 2.08. The summed E-state index contributed by atoms with van der Waals surface area (Å²) in [5.74, 6) is -0.152. The molecule has 1 aliphatic heterocycles. The summed E-state index contributed by atoms with van der Waals surface area (Å²) < 4.78 is 14.7. The first-order chi connectivity index (χ1) is 12.2. The van der Waals surface area contributed by atoms with Crippen LogP contribution in [0.3, 0.4) is 0 Å². The zero-order chi connectivity index (χ0) is 17.6. The van der Waals surface area contributed by atoms with Crippen LogP contribution in [-0.2, 0) is 11.2 Å². The van der Waals surface area contributed by atoms with Crippen LogP contribution >= 0.6 is 0 Å². The lowest BCUT2D eigenvalue weighted by Gasteiger charge is -2.29. The molecule has 1 heterocycles. The molecule has 1 aliphatic rings. The van der Waals surface area contributed by atoms with Crippen molar-refractivity contribution in [1.82, 2.24) is 0 Å². The Hall–Kier alpha value is -2.20. The highest BCUT2D eigenvalue weighted by atomic mass is 19.1. The number of ketones is 1. The molecule has 25 heavy (non-hydrogen) atoms. The number of hydrogen-bond acceptors (Lipinski definition) is 3. The van der Waals surface area contributed by atoms with Gasteiger partial charge in [-0.25, -0.2) is 4.39 Å². The van der Waals surface area contributed by atoms with Crippen molar-refractivity contribution in [1.29, 1.82) is 0 Å². The summed E-state index contributed by atoms with van der Waals surface area (Å²) in [5, 5.41) is 0. The third-order valence-electron chi connectivity index (χ3n) is 4.83. The van der Waals surface area contributed by atoms with Gasteiger partial charge in [0.2, 0.25) is 0 Å². The molecule has 132 valence electrons. The van der Waals surface area contributed by atoms with Crippen LogP contribution in [0.5, 0.6) is 0 Å². The van der Waals surface area contributed by atoms with Gasteiger partial charge in [0, 0.05) is 30.8 Å². The molecule has 0 bridgehead atoms. The minimum Gasteiger partial charge on any atom is -0.371 e. The van der Waals surface area contributed by atoms with E-state index in [9.17, 15) is 9.18 Å². The lowest BCUT2D eigenvalue weighted by atomic mass is 9.99. The fraction of sp³-hybridized carbons (Fsp3) is 0.381. The Morgan fingerprint density at radius 2 is 1.88 bits per heavy atom. The van der Waals surface area contributed by atoms with Gasteiger partial charge in [0.15, 0.2) is 0 Å². The first kappa shape index (κ1) is 17.6. The largest absolute Gasteiger partial charge is 0.371 e. The van der Waals surface area contributed by atoms with Gasteiger partial charge in [-0.3, -0.25) is 4.79 Å². The molecular formula is C21H25FN2O. The number of carbonyl (C=O) groups excluding carboxylic acids is 1. The number of Topliss-reactive ketones (excluding diaryl/α,β-unsaturated/α-hetero) is 1. The smallest absolute Gasteiger partial charge is 0.146 e. The van der Waals surface area contributed by atoms with Crippen LogP contribution in [0.4, 0.5) is 10.1 Å². The molecule has 0 saturated carbocycles. The molecule has 0 aromatic heterocycles. The number of rotatable bonds is 6. The van der Waals surface area contributed by atoms with Gasteiger partial charge in [0.1, 0.15) is 11.6 Å². The molecule has 2 aromatic rings. The summed E-state index contributed by atoms with van der Waals surface area (Å²) >= 11 is 0. The minimum atomic E-state index is -0.196. The second-order valence-electron chi connectivity index (χ2n) is 6.66. The Morgan fingerprint density at radius 3 is 2.60 bits per heavy atom. The zero-order valence-electron chi connectivity index (χ0n) is 14.5. The second-order valence-corrected chi connectivity index (χ2v) is 6.66. The molecule has 0 atom stereocenters. The van der Waals surface area contributed by atoms with Crippen LogP contribution < -0.4 is 10.6 Å². The highest BCUT2D eigenvalue weighted by molar-refractivity contribution is 5.80. The maximum atomic E-state index is 14.7. The van der Waals surface area contributed by atoms with E-state index >= 15 is 0 Å².